The smallest absolute Gasteiger partial charge is 0.127 e. The van der Waals surface area contributed by atoms with Crippen LogP contribution in [0.1, 0.15) is 35.1 Å². The molecule has 26 heavy (non-hydrogen) atoms. The molecule has 0 N–H and O–H groups in total. The summed E-state index contributed by atoms with van der Waals surface area (Å²) < 4.78 is 13.0. The standard InChI is InChI=1S/C22H26BrNO2/c1-16-7-8-18(21(23)12-16)13-24(15-20-6-3-10-25-20)14-19-5-2-4-17-9-11-26-22(17)19/h2,4-5,7-8,12,20H,3,6,9-11,13-15H2,1H3. The molecule has 0 amide bonds. The second-order valence-corrected chi connectivity index (χ2v) is 8.26. The van der Waals surface area contributed by atoms with E-state index in [1.54, 1.807) is 0 Å². The number of hydrogen-bond acceptors (Lipinski definition) is 3. The van der Waals surface area contributed by atoms with Crippen LogP contribution in [-0.2, 0) is 24.2 Å². The number of benzene rings is 2. The predicted molar refractivity (Wildman–Crippen MR) is 108 cm³/mol. The van der Waals surface area contributed by atoms with Crippen molar-refractivity contribution in [3.63, 3.8) is 0 Å². The lowest BCUT2D eigenvalue weighted by Gasteiger charge is -2.26. The minimum atomic E-state index is 0.344. The monoisotopic (exact) mass is 415 g/mol. The maximum atomic E-state index is 5.92. The van der Waals surface area contributed by atoms with Gasteiger partial charge in [-0.05, 0) is 42.5 Å². The first-order valence-electron chi connectivity index (χ1n) is 9.51. The lowest BCUT2D eigenvalue weighted by atomic mass is 10.1. The van der Waals surface area contributed by atoms with Gasteiger partial charge in [-0.2, -0.15) is 0 Å². The van der Waals surface area contributed by atoms with Gasteiger partial charge in [-0.15, -0.1) is 0 Å². The Balaban J connectivity index is 1.55. The van der Waals surface area contributed by atoms with Crippen molar-refractivity contribution in [2.75, 3.05) is 19.8 Å². The molecule has 0 spiro atoms. The van der Waals surface area contributed by atoms with Crippen molar-refractivity contribution in [1.29, 1.82) is 0 Å². The maximum Gasteiger partial charge on any atom is 0.127 e. The van der Waals surface area contributed by atoms with E-state index in [-0.39, 0.29) is 0 Å². The molecule has 2 aromatic carbocycles. The van der Waals surface area contributed by atoms with Crippen LogP contribution in [0.5, 0.6) is 5.75 Å². The van der Waals surface area contributed by atoms with Crippen molar-refractivity contribution in [3.8, 4) is 5.75 Å². The van der Waals surface area contributed by atoms with Crippen LogP contribution in [-0.4, -0.2) is 30.8 Å². The summed E-state index contributed by atoms with van der Waals surface area (Å²) in [5.74, 6) is 1.10. The van der Waals surface area contributed by atoms with Gasteiger partial charge in [0.2, 0.25) is 0 Å². The molecule has 0 radical (unpaired) electrons. The van der Waals surface area contributed by atoms with E-state index in [1.807, 2.05) is 0 Å². The van der Waals surface area contributed by atoms with E-state index < -0.39 is 0 Å². The molecular formula is C22H26BrNO2. The molecule has 0 aliphatic carbocycles. The summed E-state index contributed by atoms with van der Waals surface area (Å²) >= 11 is 3.74. The fourth-order valence-electron chi connectivity index (χ4n) is 3.93. The number of aryl methyl sites for hydroxylation is 1. The fraction of sp³-hybridized carbons (Fsp3) is 0.455. The molecule has 1 saturated heterocycles. The minimum Gasteiger partial charge on any atom is -0.493 e. The molecule has 0 aromatic heterocycles. The van der Waals surface area contributed by atoms with E-state index in [9.17, 15) is 0 Å². The summed E-state index contributed by atoms with van der Waals surface area (Å²) in [6.07, 6.45) is 3.71. The SMILES string of the molecule is Cc1ccc(CN(Cc2cccc3c2OCC3)CC2CCCO2)c(Br)c1. The highest BCUT2D eigenvalue weighted by atomic mass is 79.9. The Morgan fingerprint density at radius 2 is 2.00 bits per heavy atom. The zero-order valence-electron chi connectivity index (χ0n) is 15.3. The van der Waals surface area contributed by atoms with Gasteiger partial charge in [-0.3, -0.25) is 4.90 Å². The van der Waals surface area contributed by atoms with Gasteiger partial charge in [0.25, 0.3) is 0 Å². The van der Waals surface area contributed by atoms with Crippen molar-refractivity contribution in [2.24, 2.45) is 0 Å². The van der Waals surface area contributed by atoms with Crippen molar-refractivity contribution in [3.05, 3.63) is 63.1 Å². The lowest BCUT2D eigenvalue weighted by Crippen LogP contribution is -2.31. The second-order valence-electron chi connectivity index (χ2n) is 7.40. The molecule has 138 valence electrons. The summed E-state index contributed by atoms with van der Waals surface area (Å²) in [6, 6.07) is 13.2. The molecule has 4 rings (SSSR count). The summed E-state index contributed by atoms with van der Waals surface area (Å²) in [5, 5.41) is 0. The summed E-state index contributed by atoms with van der Waals surface area (Å²) in [7, 11) is 0. The largest absolute Gasteiger partial charge is 0.493 e. The predicted octanol–water partition coefficient (Wildman–Crippen LogP) is 4.87. The fourth-order valence-corrected chi connectivity index (χ4v) is 4.55. The van der Waals surface area contributed by atoms with Crippen LogP contribution in [0.3, 0.4) is 0 Å². The Morgan fingerprint density at radius 1 is 1.12 bits per heavy atom. The molecule has 1 unspecified atom stereocenters. The minimum absolute atomic E-state index is 0.344. The Bertz CT molecular complexity index is 771. The van der Waals surface area contributed by atoms with Crippen LogP contribution in [0, 0.1) is 6.92 Å². The topological polar surface area (TPSA) is 21.7 Å². The van der Waals surface area contributed by atoms with Crippen molar-refractivity contribution < 1.29 is 9.47 Å². The third kappa shape index (κ3) is 4.13. The van der Waals surface area contributed by atoms with Crippen LogP contribution < -0.4 is 4.74 Å². The van der Waals surface area contributed by atoms with E-state index >= 15 is 0 Å². The Labute approximate surface area is 164 Å². The number of ether oxygens (including phenoxy) is 2. The van der Waals surface area contributed by atoms with Gasteiger partial charge >= 0.3 is 0 Å². The molecular weight excluding hydrogens is 390 g/mol. The van der Waals surface area contributed by atoms with E-state index in [0.717, 1.165) is 51.4 Å². The summed E-state index contributed by atoms with van der Waals surface area (Å²) in [4.78, 5) is 2.50. The molecule has 4 heteroatoms. The molecule has 1 fully saturated rings. The molecule has 2 heterocycles. The zero-order valence-corrected chi connectivity index (χ0v) is 16.9. The third-order valence-electron chi connectivity index (χ3n) is 5.28. The molecule has 2 aliphatic rings. The summed E-state index contributed by atoms with van der Waals surface area (Å²) in [6.45, 7) is 6.60. The average molecular weight is 416 g/mol. The quantitative estimate of drug-likeness (QED) is 0.671. The summed E-state index contributed by atoms with van der Waals surface area (Å²) in [5.41, 5.74) is 5.24. The third-order valence-corrected chi connectivity index (χ3v) is 6.02. The zero-order chi connectivity index (χ0) is 17.9. The lowest BCUT2D eigenvalue weighted by molar-refractivity contribution is 0.0675. The van der Waals surface area contributed by atoms with Gasteiger partial charge < -0.3 is 9.47 Å². The Hall–Kier alpha value is -1.36. The van der Waals surface area contributed by atoms with Gasteiger partial charge in [0.05, 0.1) is 12.7 Å². The molecule has 2 aliphatic heterocycles. The molecule has 0 bridgehead atoms. The highest BCUT2D eigenvalue weighted by molar-refractivity contribution is 9.10. The first kappa shape index (κ1) is 18.0. The number of halogens is 1. The van der Waals surface area contributed by atoms with Gasteiger partial charge in [-0.25, -0.2) is 0 Å². The number of hydrogen-bond donors (Lipinski definition) is 0. The average Bonchev–Trinajstić information content (AvgIpc) is 3.29. The van der Waals surface area contributed by atoms with Crippen LogP contribution in [0.2, 0.25) is 0 Å². The van der Waals surface area contributed by atoms with Gasteiger partial charge in [0, 0.05) is 42.7 Å². The van der Waals surface area contributed by atoms with Crippen LogP contribution in [0.15, 0.2) is 40.9 Å². The van der Waals surface area contributed by atoms with Crippen molar-refractivity contribution in [1.82, 2.24) is 4.90 Å². The highest BCUT2D eigenvalue weighted by Gasteiger charge is 2.23. The van der Waals surface area contributed by atoms with E-state index in [2.05, 4.69) is 64.2 Å². The first-order valence-corrected chi connectivity index (χ1v) is 10.3. The van der Waals surface area contributed by atoms with Crippen molar-refractivity contribution in [2.45, 2.75) is 45.4 Å². The van der Waals surface area contributed by atoms with Gasteiger partial charge in [0.1, 0.15) is 5.75 Å². The van der Waals surface area contributed by atoms with Gasteiger partial charge in [-0.1, -0.05) is 46.3 Å². The number of para-hydroxylation sites is 1. The van der Waals surface area contributed by atoms with Crippen molar-refractivity contribution >= 4 is 15.9 Å². The second kappa shape index (κ2) is 8.12. The normalized spacial score (nSPS) is 19.0. The van der Waals surface area contributed by atoms with Gasteiger partial charge in [0.15, 0.2) is 0 Å². The van der Waals surface area contributed by atoms with E-state index in [0.29, 0.717) is 6.10 Å². The molecule has 3 nitrogen and oxygen atoms in total. The maximum absolute atomic E-state index is 5.92. The Morgan fingerprint density at radius 3 is 2.81 bits per heavy atom. The number of fused-ring (bicyclic) bond motifs is 1. The van der Waals surface area contributed by atoms with Crippen LogP contribution in [0.4, 0.5) is 0 Å². The highest BCUT2D eigenvalue weighted by Crippen LogP contribution is 2.31. The number of rotatable bonds is 6. The Kier molecular flexibility index (Phi) is 5.63. The number of nitrogens with zero attached hydrogens (tertiary/aromatic N) is 1. The molecule has 0 saturated carbocycles. The van der Waals surface area contributed by atoms with Crippen LogP contribution >= 0.6 is 15.9 Å². The first-order chi connectivity index (χ1) is 12.7. The van der Waals surface area contributed by atoms with E-state index in [1.165, 1.54) is 33.1 Å². The molecule has 1 atom stereocenters. The van der Waals surface area contributed by atoms with E-state index in [4.69, 9.17) is 9.47 Å². The molecule has 2 aromatic rings. The van der Waals surface area contributed by atoms with Crippen LogP contribution in [0.25, 0.3) is 0 Å².